The van der Waals surface area contributed by atoms with Crippen LogP contribution >= 0.6 is 0 Å². The molecule has 0 bridgehead atoms. The molecule has 28 heavy (non-hydrogen) atoms. The molecule has 4 heterocycles. The molecule has 11 heteroatoms. The first-order chi connectivity index (χ1) is 13.5. The lowest BCUT2D eigenvalue weighted by Gasteiger charge is -2.36. The van der Waals surface area contributed by atoms with Gasteiger partial charge < -0.3 is 4.74 Å². The van der Waals surface area contributed by atoms with Crippen LogP contribution in [0.25, 0.3) is 5.82 Å². The van der Waals surface area contributed by atoms with Gasteiger partial charge in [-0.2, -0.15) is 22.1 Å². The number of hydrogen-bond donors (Lipinski definition) is 0. The van der Waals surface area contributed by atoms with Crippen LogP contribution in [0.2, 0.25) is 0 Å². The molecule has 0 aliphatic carbocycles. The van der Waals surface area contributed by atoms with Gasteiger partial charge in [-0.15, -0.1) is 5.10 Å². The van der Waals surface area contributed by atoms with Crippen molar-refractivity contribution in [3.8, 4) is 5.82 Å². The van der Waals surface area contributed by atoms with Crippen LogP contribution in [0.15, 0.2) is 35.4 Å². The van der Waals surface area contributed by atoms with E-state index in [9.17, 15) is 13.2 Å². The number of morpholine rings is 1. The average molecular weight is 408 g/mol. The van der Waals surface area contributed by atoms with Crippen molar-refractivity contribution in [1.29, 1.82) is 0 Å². The van der Waals surface area contributed by atoms with Crippen LogP contribution in [0.3, 0.4) is 0 Å². The van der Waals surface area contributed by atoms with Gasteiger partial charge in [0, 0.05) is 51.2 Å². The monoisotopic (exact) mass is 408 g/mol. The van der Waals surface area contributed by atoms with Crippen LogP contribution in [0.4, 0.5) is 0 Å². The Morgan fingerprint density at radius 3 is 2.46 bits per heavy atom. The molecule has 2 aromatic rings. The molecule has 0 radical (unpaired) electrons. The van der Waals surface area contributed by atoms with E-state index in [2.05, 4.69) is 10.2 Å². The molecule has 2 fully saturated rings. The van der Waals surface area contributed by atoms with Gasteiger partial charge in [0.2, 0.25) is 0 Å². The number of aromatic nitrogens is 4. The van der Waals surface area contributed by atoms with Crippen molar-refractivity contribution >= 4 is 10.2 Å². The van der Waals surface area contributed by atoms with Crippen LogP contribution in [-0.4, -0.2) is 76.0 Å². The smallest absolute Gasteiger partial charge is 0.282 e. The quantitative estimate of drug-likeness (QED) is 0.674. The van der Waals surface area contributed by atoms with E-state index in [1.54, 1.807) is 33.5 Å². The predicted octanol–water partition coefficient (Wildman–Crippen LogP) is -0.282. The first kappa shape index (κ1) is 19.2. The molecule has 2 aromatic heterocycles. The molecular weight excluding hydrogens is 384 g/mol. The highest BCUT2D eigenvalue weighted by Gasteiger charge is 2.33. The van der Waals surface area contributed by atoms with E-state index in [-0.39, 0.29) is 11.5 Å². The van der Waals surface area contributed by atoms with E-state index < -0.39 is 10.2 Å². The molecule has 0 unspecified atom stereocenters. The zero-order valence-corrected chi connectivity index (χ0v) is 16.4. The maximum absolute atomic E-state index is 12.8. The van der Waals surface area contributed by atoms with Gasteiger partial charge in [0.25, 0.3) is 15.8 Å². The average Bonchev–Trinajstić information content (AvgIpc) is 3.26. The Labute approximate surface area is 163 Å². The summed E-state index contributed by atoms with van der Waals surface area (Å²) in [4.78, 5) is 12.2. The summed E-state index contributed by atoms with van der Waals surface area (Å²) >= 11 is 0. The molecule has 0 saturated carbocycles. The molecule has 10 nitrogen and oxygen atoms in total. The molecule has 0 aromatic carbocycles. The summed E-state index contributed by atoms with van der Waals surface area (Å²) in [5, 5.41) is 8.54. The molecule has 0 atom stereocenters. The molecule has 2 saturated heterocycles. The van der Waals surface area contributed by atoms with E-state index in [0.29, 0.717) is 64.6 Å². The van der Waals surface area contributed by atoms with Gasteiger partial charge in [-0.25, -0.2) is 9.36 Å². The van der Waals surface area contributed by atoms with Crippen molar-refractivity contribution in [2.45, 2.75) is 19.4 Å². The van der Waals surface area contributed by atoms with E-state index in [0.717, 1.165) is 0 Å². The highest BCUT2D eigenvalue weighted by atomic mass is 32.2. The standard InChI is InChI=1S/C17H24N6O4S/c24-17-3-2-16(22-7-1-6-18-22)19-23(17)14-15-4-8-20(9-5-15)28(25,26)21-10-12-27-13-11-21/h1-3,6-7,15H,4-5,8-14H2. The van der Waals surface area contributed by atoms with Crippen molar-refractivity contribution in [3.63, 3.8) is 0 Å². The van der Waals surface area contributed by atoms with Gasteiger partial charge in [0.1, 0.15) is 0 Å². The molecule has 0 N–H and O–H groups in total. The van der Waals surface area contributed by atoms with E-state index in [1.807, 2.05) is 0 Å². The fourth-order valence-corrected chi connectivity index (χ4v) is 5.21. The predicted molar refractivity (Wildman–Crippen MR) is 101 cm³/mol. The van der Waals surface area contributed by atoms with E-state index in [4.69, 9.17) is 4.74 Å². The SMILES string of the molecule is O=c1ccc(-n2cccn2)nn1CC1CCN(S(=O)(=O)N2CCOCC2)CC1. The Balaban J connectivity index is 1.39. The van der Waals surface area contributed by atoms with Gasteiger partial charge in [0.05, 0.1) is 13.2 Å². The fourth-order valence-electron chi connectivity index (χ4n) is 3.60. The Hall–Kier alpha value is -2.08. The number of ether oxygens (including phenoxy) is 1. The normalized spacial score (nSPS) is 20.4. The highest BCUT2D eigenvalue weighted by Crippen LogP contribution is 2.22. The minimum Gasteiger partial charge on any atom is -0.379 e. The zero-order valence-electron chi connectivity index (χ0n) is 15.6. The number of hydrogen-bond acceptors (Lipinski definition) is 6. The van der Waals surface area contributed by atoms with Crippen molar-refractivity contribution in [3.05, 3.63) is 40.9 Å². The van der Waals surface area contributed by atoms with Crippen molar-refractivity contribution in [1.82, 2.24) is 28.2 Å². The maximum Gasteiger partial charge on any atom is 0.282 e. The second-order valence-electron chi connectivity index (χ2n) is 7.02. The van der Waals surface area contributed by atoms with Crippen LogP contribution in [0.1, 0.15) is 12.8 Å². The Morgan fingerprint density at radius 1 is 1.07 bits per heavy atom. The van der Waals surface area contributed by atoms with Gasteiger partial charge >= 0.3 is 0 Å². The third kappa shape index (κ3) is 4.02. The molecule has 0 spiro atoms. The summed E-state index contributed by atoms with van der Waals surface area (Å²) < 4.78 is 36.9. The van der Waals surface area contributed by atoms with Crippen LogP contribution in [-0.2, 0) is 21.5 Å². The largest absolute Gasteiger partial charge is 0.379 e. The Morgan fingerprint density at radius 2 is 1.79 bits per heavy atom. The molecule has 4 rings (SSSR count). The van der Waals surface area contributed by atoms with E-state index >= 15 is 0 Å². The van der Waals surface area contributed by atoms with Crippen molar-refractivity contribution < 1.29 is 13.2 Å². The van der Waals surface area contributed by atoms with Crippen LogP contribution in [0, 0.1) is 5.92 Å². The summed E-state index contributed by atoms with van der Waals surface area (Å²) in [5.41, 5.74) is -0.167. The number of rotatable bonds is 5. The first-order valence-corrected chi connectivity index (χ1v) is 10.8. The second kappa shape index (κ2) is 8.11. The molecule has 2 aliphatic heterocycles. The van der Waals surface area contributed by atoms with Crippen LogP contribution in [0.5, 0.6) is 0 Å². The van der Waals surface area contributed by atoms with Gasteiger partial charge in [-0.3, -0.25) is 4.79 Å². The van der Waals surface area contributed by atoms with Gasteiger partial charge in [0.15, 0.2) is 5.82 Å². The topological polar surface area (TPSA) is 103 Å². The van der Waals surface area contributed by atoms with Gasteiger partial charge in [-0.1, -0.05) is 0 Å². The highest BCUT2D eigenvalue weighted by molar-refractivity contribution is 7.86. The fraction of sp³-hybridized carbons (Fsp3) is 0.588. The lowest BCUT2D eigenvalue weighted by Crippen LogP contribution is -2.51. The molecule has 152 valence electrons. The summed E-state index contributed by atoms with van der Waals surface area (Å²) in [6.07, 6.45) is 4.82. The lowest BCUT2D eigenvalue weighted by molar-refractivity contribution is 0.0691. The minimum atomic E-state index is -3.43. The molecular formula is C17H24N6O4S. The van der Waals surface area contributed by atoms with Crippen molar-refractivity contribution in [2.24, 2.45) is 5.92 Å². The Kier molecular flexibility index (Phi) is 5.58. The van der Waals surface area contributed by atoms with Crippen molar-refractivity contribution in [2.75, 3.05) is 39.4 Å². The molecule has 0 amide bonds. The number of piperidine rings is 1. The maximum atomic E-state index is 12.8. The third-order valence-electron chi connectivity index (χ3n) is 5.22. The van der Waals surface area contributed by atoms with Gasteiger partial charge in [-0.05, 0) is 30.9 Å². The Bertz CT molecular complexity index is 944. The van der Waals surface area contributed by atoms with E-state index in [1.165, 1.54) is 15.1 Å². The second-order valence-corrected chi connectivity index (χ2v) is 8.95. The minimum absolute atomic E-state index is 0.167. The summed E-state index contributed by atoms with van der Waals surface area (Å²) in [6, 6.07) is 4.92. The summed E-state index contributed by atoms with van der Waals surface area (Å²) in [6.45, 7) is 3.08. The summed E-state index contributed by atoms with van der Waals surface area (Å²) in [5.74, 6) is 0.783. The zero-order chi connectivity index (χ0) is 19.6. The van der Waals surface area contributed by atoms with Crippen LogP contribution < -0.4 is 5.56 Å². The first-order valence-electron chi connectivity index (χ1n) is 9.45. The lowest BCUT2D eigenvalue weighted by atomic mass is 9.98. The summed E-state index contributed by atoms with van der Waals surface area (Å²) in [7, 11) is -3.43. The molecule has 2 aliphatic rings. The number of nitrogens with zero attached hydrogens (tertiary/aromatic N) is 6. The third-order valence-corrected chi connectivity index (χ3v) is 7.25.